The molecule has 0 N–H and O–H groups in total. The Morgan fingerprint density at radius 2 is 1.71 bits per heavy atom. The van der Waals surface area contributed by atoms with E-state index in [1.54, 1.807) is 27.4 Å². The molecule has 148 valence electrons. The maximum absolute atomic E-state index is 12.0. The van der Waals surface area contributed by atoms with E-state index in [4.69, 9.17) is 14.2 Å². The van der Waals surface area contributed by atoms with Crippen molar-refractivity contribution >= 4 is 21.7 Å². The van der Waals surface area contributed by atoms with Crippen LogP contribution in [0.25, 0.3) is 0 Å². The fourth-order valence-corrected chi connectivity index (χ4v) is 3.88. The molecule has 5 nitrogen and oxygen atoms in total. The molecule has 0 amide bonds. The third-order valence-electron chi connectivity index (χ3n) is 4.94. The highest BCUT2D eigenvalue weighted by Crippen LogP contribution is 2.35. The molecule has 0 radical (unpaired) electrons. The van der Waals surface area contributed by atoms with Gasteiger partial charge in [0, 0.05) is 23.6 Å². The third-order valence-corrected chi connectivity index (χ3v) is 5.68. The van der Waals surface area contributed by atoms with Crippen molar-refractivity contribution in [3.63, 3.8) is 0 Å². The minimum Gasteiger partial charge on any atom is -0.497 e. The summed E-state index contributed by atoms with van der Waals surface area (Å²) in [5.74, 6) is 2.35. The van der Waals surface area contributed by atoms with Gasteiger partial charge in [-0.25, -0.2) is 0 Å². The highest BCUT2D eigenvalue weighted by molar-refractivity contribution is 9.10. The van der Waals surface area contributed by atoms with Gasteiger partial charge in [0.25, 0.3) is 0 Å². The molecule has 0 bridgehead atoms. The molecule has 1 aliphatic rings. The summed E-state index contributed by atoms with van der Waals surface area (Å²) in [6, 6.07) is 11.8. The van der Waals surface area contributed by atoms with E-state index in [0.29, 0.717) is 17.9 Å². The van der Waals surface area contributed by atoms with Crippen molar-refractivity contribution in [2.75, 3.05) is 27.9 Å². The van der Waals surface area contributed by atoms with E-state index in [9.17, 15) is 4.79 Å². The molecule has 1 atom stereocenters. The largest absolute Gasteiger partial charge is 0.497 e. The Balaban J connectivity index is 1.79. The van der Waals surface area contributed by atoms with Crippen LogP contribution in [-0.4, -0.2) is 38.6 Å². The Labute approximate surface area is 174 Å². The molecule has 1 heterocycles. The van der Waals surface area contributed by atoms with E-state index in [2.05, 4.69) is 20.8 Å². The molecule has 2 aromatic rings. The molecule has 6 heteroatoms. The molecule has 0 aliphatic carbocycles. The molecule has 0 aromatic heterocycles. The molecule has 28 heavy (non-hydrogen) atoms. The minimum atomic E-state index is 0.0160. The summed E-state index contributed by atoms with van der Waals surface area (Å²) in [4.78, 5) is 14.2. The fourth-order valence-electron chi connectivity index (χ4n) is 3.36. The predicted molar refractivity (Wildman–Crippen MR) is 112 cm³/mol. The van der Waals surface area contributed by atoms with Crippen LogP contribution in [-0.2, 0) is 11.2 Å². The van der Waals surface area contributed by atoms with Gasteiger partial charge >= 0.3 is 0 Å². The summed E-state index contributed by atoms with van der Waals surface area (Å²) in [5.41, 5.74) is 2.22. The molecule has 2 aromatic carbocycles. The fraction of sp³-hybridized carbons (Fsp3) is 0.318. The van der Waals surface area contributed by atoms with Gasteiger partial charge in [-0.3, -0.25) is 4.79 Å². The molecule has 3 rings (SSSR count). The number of ether oxygens (including phenoxy) is 3. The normalized spacial score (nSPS) is 16.2. The van der Waals surface area contributed by atoms with Gasteiger partial charge in [-0.1, -0.05) is 28.1 Å². The monoisotopic (exact) mass is 445 g/mol. The first kappa shape index (κ1) is 20.3. The molecule has 0 saturated carbocycles. The highest BCUT2D eigenvalue weighted by atomic mass is 79.9. The number of rotatable bonds is 7. The maximum atomic E-state index is 12.0. The number of hydrogen-bond donors (Lipinski definition) is 0. The number of carbonyl (C=O) groups is 1. The Bertz CT molecular complexity index is 864. The lowest BCUT2D eigenvalue weighted by Crippen LogP contribution is -2.30. The number of nitrogens with zero attached hydrogens (tertiary/aromatic N) is 1. The second-order valence-electron chi connectivity index (χ2n) is 6.56. The standard InChI is InChI=1S/C22H24BrNO4/c1-26-18-6-4-15(5-7-18)20-13-17(25)9-11-24(20)10-8-16-12-21(27-2)22(28-3)14-19(16)23/h4-7,9,11-12,14,20H,8,10,13H2,1-3H3. The molecule has 0 fully saturated rings. The molecule has 0 spiro atoms. The maximum Gasteiger partial charge on any atom is 0.161 e. The number of benzene rings is 2. The SMILES string of the molecule is COc1ccc(C2CC(=O)C=CN2CCc2cc(OC)c(OC)cc2Br)cc1. The first-order valence-electron chi connectivity index (χ1n) is 9.06. The van der Waals surface area contributed by atoms with E-state index >= 15 is 0 Å². The van der Waals surface area contributed by atoms with Crippen molar-refractivity contribution in [3.8, 4) is 17.2 Å². The lowest BCUT2D eigenvalue weighted by Gasteiger charge is -2.33. The Kier molecular flexibility index (Phi) is 6.62. The summed E-state index contributed by atoms with van der Waals surface area (Å²) < 4.78 is 17.0. The Morgan fingerprint density at radius 3 is 2.36 bits per heavy atom. The summed E-state index contributed by atoms with van der Waals surface area (Å²) in [6.07, 6.45) is 4.82. The van der Waals surface area contributed by atoms with E-state index in [1.807, 2.05) is 42.6 Å². The van der Waals surface area contributed by atoms with Crippen molar-refractivity contribution in [3.05, 3.63) is 64.3 Å². The van der Waals surface area contributed by atoms with Crippen molar-refractivity contribution < 1.29 is 19.0 Å². The molecular formula is C22H24BrNO4. The average molecular weight is 446 g/mol. The van der Waals surface area contributed by atoms with Crippen LogP contribution >= 0.6 is 15.9 Å². The van der Waals surface area contributed by atoms with Gasteiger partial charge < -0.3 is 19.1 Å². The summed E-state index contributed by atoms with van der Waals surface area (Å²) >= 11 is 3.62. The topological polar surface area (TPSA) is 48.0 Å². The van der Waals surface area contributed by atoms with Crippen molar-refractivity contribution in [1.82, 2.24) is 4.90 Å². The summed E-state index contributed by atoms with van der Waals surface area (Å²) in [7, 11) is 4.91. The van der Waals surface area contributed by atoms with Crippen molar-refractivity contribution in [1.29, 1.82) is 0 Å². The van der Waals surface area contributed by atoms with Crippen LogP contribution in [0.3, 0.4) is 0 Å². The van der Waals surface area contributed by atoms with Gasteiger partial charge in [0.05, 0.1) is 27.4 Å². The van der Waals surface area contributed by atoms with E-state index in [0.717, 1.165) is 34.3 Å². The van der Waals surface area contributed by atoms with E-state index < -0.39 is 0 Å². The van der Waals surface area contributed by atoms with Crippen molar-refractivity contribution in [2.45, 2.75) is 18.9 Å². The van der Waals surface area contributed by atoms with Crippen LogP contribution in [0.2, 0.25) is 0 Å². The third kappa shape index (κ3) is 4.50. The Hall–Kier alpha value is -2.47. The highest BCUT2D eigenvalue weighted by Gasteiger charge is 2.24. The first-order chi connectivity index (χ1) is 13.5. The van der Waals surface area contributed by atoms with Crippen LogP contribution in [0, 0.1) is 0 Å². The van der Waals surface area contributed by atoms with Gasteiger partial charge in [0.15, 0.2) is 17.3 Å². The number of hydrogen-bond acceptors (Lipinski definition) is 5. The average Bonchev–Trinajstić information content (AvgIpc) is 2.73. The summed E-state index contributed by atoms with van der Waals surface area (Å²) in [6.45, 7) is 0.772. The quantitative estimate of drug-likeness (QED) is 0.625. The minimum absolute atomic E-state index is 0.0160. The second-order valence-corrected chi connectivity index (χ2v) is 7.42. The van der Waals surface area contributed by atoms with Crippen LogP contribution < -0.4 is 14.2 Å². The van der Waals surface area contributed by atoms with E-state index in [1.165, 1.54) is 0 Å². The zero-order valence-electron chi connectivity index (χ0n) is 16.3. The van der Waals surface area contributed by atoms with Crippen LogP contribution in [0.1, 0.15) is 23.6 Å². The molecule has 1 unspecified atom stereocenters. The van der Waals surface area contributed by atoms with Gasteiger partial charge in [0.1, 0.15) is 5.75 Å². The first-order valence-corrected chi connectivity index (χ1v) is 9.86. The lowest BCUT2D eigenvalue weighted by atomic mass is 9.96. The number of methoxy groups -OCH3 is 3. The predicted octanol–water partition coefficient (Wildman–Crippen LogP) is 4.55. The van der Waals surface area contributed by atoms with Crippen molar-refractivity contribution in [2.24, 2.45) is 0 Å². The van der Waals surface area contributed by atoms with Crippen LogP contribution in [0.5, 0.6) is 17.2 Å². The summed E-state index contributed by atoms with van der Waals surface area (Å²) in [5, 5.41) is 0. The van der Waals surface area contributed by atoms with Gasteiger partial charge in [-0.2, -0.15) is 0 Å². The van der Waals surface area contributed by atoms with Crippen LogP contribution in [0.15, 0.2) is 53.1 Å². The van der Waals surface area contributed by atoms with Crippen LogP contribution in [0.4, 0.5) is 0 Å². The Morgan fingerprint density at radius 1 is 1.04 bits per heavy atom. The second kappa shape index (κ2) is 9.15. The number of halogens is 1. The number of carbonyl (C=O) groups excluding carboxylic acids is 1. The van der Waals surface area contributed by atoms with Gasteiger partial charge in [-0.15, -0.1) is 0 Å². The van der Waals surface area contributed by atoms with Gasteiger partial charge in [-0.05, 0) is 47.9 Å². The van der Waals surface area contributed by atoms with Gasteiger partial charge in [0.2, 0.25) is 0 Å². The smallest absolute Gasteiger partial charge is 0.161 e. The van der Waals surface area contributed by atoms with E-state index in [-0.39, 0.29) is 11.8 Å². The number of ketones is 1. The number of allylic oxidation sites excluding steroid dienone is 1. The molecular weight excluding hydrogens is 422 g/mol. The zero-order chi connectivity index (χ0) is 20.1. The zero-order valence-corrected chi connectivity index (χ0v) is 17.9. The lowest BCUT2D eigenvalue weighted by molar-refractivity contribution is -0.116. The molecule has 0 saturated heterocycles. The molecule has 1 aliphatic heterocycles.